The molecule has 0 aromatic heterocycles. The minimum absolute atomic E-state index is 0.235. The van der Waals surface area contributed by atoms with Gasteiger partial charge in [0, 0.05) is 5.56 Å². The first-order chi connectivity index (χ1) is 9.16. The number of carboxylic acid groups (broad SMARTS) is 1. The Kier molecular flexibility index (Phi) is 2.80. The van der Waals surface area contributed by atoms with E-state index in [0.29, 0.717) is 22.2 Å². The molecule has 0 atom stereocenters. The molecule has 0 saturated heterocycles. The molecule has 1 aliphatic heterocycles. The number of halogens is 1. The van der Waals surface area contributed by atoms with Gasteiger partial charge in [-0.15, -0.1) is 0 Å². The molecule has 0 bridgehead atoms. The molecule has 96 valence electrons. The average molecular weight is 276 g/mol. The third kappa shape index (κ3) is 2.00. The van der Waals surface area contributed by atoms with E-state index in [-0.39, 0.29) is 6.54 Å². The lowest BCUT2D eigenvalue weighted by molar-refractivity contribution is 0.201. The lowest BCUT2D eigenvalue weighted by atomic mass is 10.2. The van der Waals surface area contributed by atoms with E-state index in [4.69, 9.17) is 16.3 Å². The number of benzene rings is 2. The highest BCUT2D eigenvalue weighted by Crippen LogP contribution is 2.43. The Morgan fingerprint density at radius 2 is 2.00 bits per heavy atom. The van der Waals surface area contributed by atoms with Crippen LogP contribution in [0.25, 0.3) is 0 Å². The van der Waals surface area contributed by atoms with Gasteiger partial charge in [-0.2, -0.15) is 0 Å². The Hall–Kier alpha value is -2.20. The van der Waals surface area contributed by atoms with Crippen molar-refractivity contribution in [2.24, 2.45) is 0 Å². The first-order valence-corrected chi connectivity index (χ1v) is 6.09. The standard InChI is InChI=1S/C14H10ClNO3/c15-10-5-3-6-11-13(10)19-12-7-2-1-4-9(12)8-16(11)14(17)18/h1-7H,8H2,(H,17,18). The Morgan fingerprint density at radius 3 is 2.79 bits per heavy atom. The van der Waals surface area contributed by atoms with Crippen molar-refractivity contribution in [3.8, 4) is 11.5 Å². The first kappa shape index (κ1) is 11.9. The number of anilines is 1. The molecule has 19 heavy (non-hydrogen) atoms. The maximum absolute atomic E-state index is 11.4. The maximum atomic E-state index is 11.4. The summed E-state index contributed by atoms with van der Waals surface area (Å²) in [6, 6.07) is 12.4. The van der Waals surface area contributed by atoms with Crippen molar-refractivity contribution >= 4 is 23.4 Å². The molecule has 1 N–H and O–H groups in total. The highest BCUT2D eigenvalue weighted by molar-refractivity contribution is 6.32. The van der Waals surface area contributed by atoms with Gasteiger partial charge in [0.25, 0.3) is 0 Å². The van der Waals surface area contributed by atoms with Crippen molar-refractivity contribution in [2.45, 2.75) is 6.54 Å². The molecule has 1 amide bonds. The second-order valence-corrected chi connectivity index (χ2v) is 4.57. The number of hydrogen-bond donors (Lipinski definition) is 1. The molecule has 2 aromatic rings. The Bertz CT molecular complexity index is 657. The van der Waals surface area contributed by atoms with Gasteiger partial charge in [-0.25, -0.2) is 4.79 Å². The fourth-order valence-electron chi connectivity index (χ4n) is 2.08. The molecular formula is C14H10ClNO3. The molecule has 0 aliphatic carbocycles. The van der Waals surface area contributed by atoms with Crippen LogP contribution in [0.5, 0.6) is 11.5 Å². The zero-order chi connectivity index (χ0) is 13.4. The number of rotatable bonds is 0. The molecule has 4 nitrogen and oxygen atoms in total. The van der Waals surface area contributed by atoms with E-state index >= 15 is 0 Å². The van der Waals surface area contributed by atoms with Gasteiger partial charge in [0.2, 0.25) is 0 Å². The molecule has 1 aliphatic rings. The molecule has 2 aromatic carbocycles. The molecular weight excluding hydrogens is 266 g/mol. The highest BCUT2D eigenvalue weighted by Gasteiger charge is 2.26. The summed E-state index contributed by atoms with van der Waals surface area (Å²) in [5.74, 6) is 0.997. The Balaban J connectivity index is 2.22. The van der Waals surface area contributed by atoms with Gasteiger partial charge in [-0.05, 0) is 18.2 Å². The van der Waals surface area contributed by atoms with Crippen LogP contribution < -0.4 is 9.64 Å². The summed E-state index contributed by atoms with van der Waals surface area (Å²) >= 11 is 6.11. The number of ether oxygens (including phenoxy) is 1. The van der Waals surface area contributed by atoms with Crippen LogP contribution in [0.2, 0.25) is 5.02 Å². The van der Waals surface area contributed by atoms with Crippen molar-refractivity contribution in [3.63, 3.8) is 0 Å². The van der Waals surface area contributed by atoms with Crippen LogP contribution in [-0.4, -0.2) is 11.2 Å². The first-order valence-electron chi connectivity index (χ1n) is 5.71. The SMILES string of the molecule is O=C(O)N1Cc2ccccc2Oc2c(Cl)cccc21. The van der Waals surface area contributed by atoms with Crippen molar-refractivity contribution in [1.29, 1.82) is 0 Å². The number of fused-ring (bicyclic) bond motifs is 2. The van der Waals surface area contributed by atoms with Crippen molar-refractivity contribution < 1.29 is 14.6 Å². The summed E-state index contributed by atoms with van der Waals surface area (Å²) in [6.07, 6.45) is -1.04. The fraction of sp³-hybridized carbons (Fsp3) is 0.0714. The molecule has 0 radical (unpaired) electrons. The summed E-state index contributed by atoms with van der Waals surface area (Å²) in [5.41, 5.74) is 1.26. The summed E-state index contributed by atoms with van der Waals surface area (Å²) < 4.78 is 5.78. The van der Waals surface area contributed by atoms with Crippen LogP contribution in [0.3, 0.4) is 0 Å². The van der Waals surface area contributed by atoms with Crippen molar-refractivity contribution in [2.75, 3.05) is 4.90 Å². The fourth-order valence-corrected chi connectivity index (χ4v) is 2.29. The lowest BCUT2D eigenvalue weighted by Gasteiger charge is -2.18. The second-order valence-electron chi connectivity index (χ2n) is 4.17. The van der Waals surface area contributed by atoms with E-state index in [0.717, 1.165) is 5.56 Å². The third-order valence-corrected chi connectivity index (χ3v) is 3.28. The topological polar surface area (TPSA) is 49.8 Å². The molecule has 0 unspecified atom stereocenters. The monoisotopic (exact) mass is 275 g/mol. The second kappa shape index (κ2) is 4.48. The van der Waals surface area contributed by atoms with Crippen LogP contribution in [0, 0.1) is 0 Å². The van der Waals surface area contributed by atoms with Crippen molar-refractivity contribution in [1.82, 2.24) is 0 Å². The summed E-state index contributed by atoms with van der Waals surface area (Å²) in [5, 5.41) is 9.74. The van der Waals surface area contributed by atoms with Gasteiger partial charge >= 0.3 is 6.09 Å². The Morgan fingerprint density at radius 1 is 1.21 bits per heavy atom. The van der Waals surface area contributed by atoms with Crippen LogP contribution in [-0.2, 0) is 6.54 Å². The van der Waals surface area contributed by atoms with Gasteiger partial charge in [-0.3, -0.25) is 4.90 Å². The lowest BCUT2D eigenvalue weighted by Crippen LogP contribution is -2.27. The van der Waals surface area contributed by atoms with E-state index < -0.39 is 6.09 Å². The zero-order valence-electron chi connectivity index (χ0n) is 9.84. The summed E-state index contributed by atoms with van der Waals surface area (Å²) in [6.45, 7) is 0.235. The number of hydrogen-bond acceptors (Lipinski definition) is 2. The van der Waals surface area contributed by atoms with Gasteiger partial charge in [-0.1, -0.05) is 35.9 Å². The average Bonchev–Trinajstić information content (AvgIpc) is 2.56. The van der Waals surface area contributed by atoms with Crippen LogP contribution >= 0.6 is 11.6 Å². The summed E-state index contributed by atoms with van der Waals surface area (Å²) in [7, 11) is 0. The molecule has 0 saturated carbocycles. The van der Waals surface area contributed by atoms with Crippen molar-refractivity contribution in [3.05, 3.63) is 53.1 Å². The predicted octanol–water partition coefficient (Wildman–Crippen LogP) is 4.13. The molecule has 0 fully saturated rings. The van der Waals surface area contributed by atoms with Gasteiger partial charge < -0.3 is 9.84 Å². The van der Waals surface area contributed by atoms with E-state index in [1.165, 1.54) is 4.90 Å². The number of carbonyl (C=O) groups is 1. The minimum atomic E-state index is -1.04. The normalized spacial score (nSPS) is 13.0. The highest BCUT2D eigenvalue weighted by atomic mass is 35.5. The largest absolute Gasteiger partial charge is 0.465 e. The summed E-state index contributed by atoms with van der Waals surface area (Å²) in [4.78, 5) is 12.6. The van der Waals surface area contributed by atoms with Crippen LogP contribution in [0.1, 0.15) is 5.56 Å². The number of para-hydroxylation sites is 2. The Labute approximate surface area is 114 Å². The number of amides is 1. The zero-order valence-corrected chi connectivity index (χ0v) is 10.6. The quantitative estimate of drug-likeness (QED) is 0.786. The van der Waals surface area contributed by atoms with Crippen LogP contribution in [0.15, 0.2) is 42.5 Å². The van der Waals surface area contributed by atoms with E-state index in [1.54, 1.807) is 24.3 Å². The molecule has 5 heteroatoms. The van der Waals surface area contributed by atoms with E-state index in [2.05, 4.69) is 0 Å². The minimum Gasteiger partial charge on any atom is -0.465 e. The molecule has 3 rings (SSSR count). The third-order valence-electron chi connectivity index (χ3n) is 2.98. The van der Waals surface area contributed by atoms with Gasteiger partial charge in [0.05, 0.1) is 17.3 Å². The number of nitrogens with zero attached hydrogens (tertiary/aromatic N) is 1. The van der Waals surface area contributed by atoms with Gasteiger partial charge in [0.15, 0.2) is 5.75 Å². The maximum Gasteiger partial charge on any atom is 0.412 e. The molecule has 0 spiro atoms. The van der Waals surface area contributed by atoms with Gasteiger partial charge in [0.1, 0.15) is 5.75 Å². The van der Waals surface area contributed by atoms with E-state index in [1.807, 2.05) is 18.2 Å². The van der Waals surface area contributed by atoms with Crippen LogP contribution in [0.4, 0.5) is 10.5 Å². The predicted molar refractivity (Wildman–Crippen MR) is 72.2 cm³/mol. The van der Waals surface area contributed by atoms with E-state index in [9.17, 15) is 9.90 Å². The molecule has 1 heterocycles. The smallest absolute Gasteiger partial charge is 0.412 e.